The lowest BCUT2D eigenvalue weighted by Gasteiger charge is -2.31. The van der Waals surface area contributed by atoms with Crippen LogP contribution in [-0.2, 0) is 0 Å². The highest BCUT2D eigenvalue weighted by molar-refractivity contribution is 6.09. The van der Waals surface area contributed by atoms with Crippen molar-refractivity contribution in [2.75, 3.05) is 0 Å². The number of hydrogen-bond acceptors (Lipinski definition) is 5. The Morgan fingerprint density at radius 3 is 1.48 bits per heavy atom. The van der Waals surface area contributed by atoms with E-state index in [1.165, 1.54) is 0 Å². The van der Waals surface area contributed by atoms with Crippen molar-refractivity contribution in [2.24, 2.45) is 5.73 Å². The summed E-state index contributed by atoms with van der Waals surface area (Å²) in [6.07, 6.45) is 1.20. The van der Waals surface area contributed by atoms with Crippen molar-refractivity contribution in [3.05, 3.63) is 107 Å². The molecule has 0 bridgehead atoms. The van der Waals surface area contributed by atoms with Gasteiger partial charge in [-0.2, -0.15) is 0 Å². The van der Waals surface area contributed by atoms with Gasteiger partial charge in [0.15, 0.2) is 0 Å². The van der Waals surface area contributed by atoms with Crippen molar-refractivity contribution in [3.63, 3.8) is 0 Å². The fourth-order valence-electron chi connectivity index (χ4n) is 6.04. The summed E-state index contributed by atoms with van der Waals surface area (Å²) >= 11 is 0. The van der Waals surface area contributed by atoms with E-state index in [-0.39, 0.29) is 23.9 Å². The molecule has 2 unspecified atom stereocenters. The molecule has 7 nitrogen and oxygen atoms in total. The van der Waals surface area contributed by atoms with Gasteiger partial charge in [-0.05, 0) is 75.2 Å². The Labute approximate surface area is 256 Å². The lowest BCUT2D eigenvalue weighted by atomic mass is 9.95. The van der Waals surface area contributed by atoms with Crippen LogP contribution in [0.5, 0.6) is 0 Å². The van der Waals surface area contributed by atoms with Crippen molar-refractivity contribution >= 4 is 55.4 Å². The van der Waals surface area contributed by atoms with Crippen LogP contribution in [0.4, 0.5) is 0 Å². The van der Waals surface area contributed by atoms with Crippen LogP contribution in [-0.4, -0.2) is 39.9 Å². The number of fused-ring (bicyclic) bond motifs is 4. The molecule has 0 radical (unpaired) electrons. The predicted molar refractivity (Wildman–Crippen MR) is 179 cm³/mol. The normalized spacial score (nSPS) is 13.7. The molecule has 0 aliphatic heterocycles. The van der Waals surface area contributed by atoms with Gasteiger partial charge in [-0.25, -0.2) is 9.97 Å². The zero-order valence-corrected chi connectivity index (χ0v) is 25.5. The minimum Gasteiger partial charge on any atom is -0.348 e. The number of pyridine rings is 2. The molecule has 6 aromatic rings. The maximum atomic E-state index is 13.6. The number of benzene rings is 4. The number of amides is 2. The third kappa shape index (κ3) is 5.58. The fraction of sp³-hybridized carbons (Fsp3) is 0.243. The number of carbonyl (C=O) groups excluding carboxylic acids is 2. The Hall–Kier alpha value is -4.88. The largest absolute Gasteiger partial charge is 0.348 e. The van der Waals surface area contributed by atoms with Gasteiger partial charge in [-0.3, -0.25) is 9.59 Å². The van der Waals surface area contributed by atoms with Gasteiger partial charge < -0.3 is 16.4 Å². The van der Waals surface area contributed by atoms with E-state index < -0.39 is 6.04 Å². The topological polar surface area (TPSA) is 110 Å². The Kier molecular flexibility index (Phi) is 7.97. The van der Waals surface area contributed by atoms with Gasteiger partial charge in [-0.15, -0.1) is 0 Å². The second-order valence-corrected chi connectivity index (χ2v) is 11.7. The molecule has 0 fully saturated rings. The molecule has 0 saturated carbocycles. The minimum atomic E-state index is -0.517. The lowest BCUT2D eigenvalue weighted by molar-refractivity contribution is 0.0909. The highest BCUT2D eigenvalue weighted by atomic mass is 16.2. The van der Waals surface area contributed by atoms with Crippen LogP contribution in [0.25, 0.3) is 43.6 Å². The van der Waals surface area contributed by atoms with Crippen LogP contribution in [0.1, 0.15) is 58.5 Å². The van der Waals surface area contributed by atoms with Gasteiger partial charge in [0.25, 0.3) is 11.8 Å². The zero-order chi connectivity index (χ0) is 31.0. The highest BCUT2D eigenvalue weighted by Crippen LogP contribution is 2.25. The van der Waals surface area contributed by atoms with Crippen LogP contribution in [0, 0.1) is 13.8 Å². The molecule has 2 aromatic heterocycles. The predicted octanol–water partition coefficient (Wildman–Crippen LogP) is 6.75. The molecule has 2 amide bonds. The summed E-state index contributed by atoms with van der Waals surface area (Å²) in [4.78, 5) is 37.0. The Balaban J connectivity index is 1.23. The van der Waals surface area contributed by atoms with E-state index in [2.05, 4.69) is 48.7 Å². The average Bonchev–Trinajstić information content (AvgIpc) is 3.03. The molecule has 4 aromatic carbocycles. The van der Waals surface area contributed by atoms with Crippen molar-refractivity contribution in [2.45, 2.75) is 58.7 Å². The summed E-state index contributed by atoms with van der Waals surface area (Å²) in [5, 5.41) is 10.2. The molecule has 4 N–H and O–H groups in total. The van der Waals surface area contributed by atoms with Gasteiger partial charge in [0.05, 0.1) is 33.2 Å². The molecule has 0 aliphatic rings. The fourth-order valence-corrected chi connectivity index (χ4v) is 6.04. The van der Waals surface area contributed by atoms with Crippen molar-refractivity contribution in [3.8, 4) is 0 Å². The number of aromatic nitrogens is 2. The maximum Gasteiger partial charge on any atom is 0.253 e. The SMILES string of the molecule is CCC(NC(=O)c1cccc2cc3cc(C)ccc3nc12)C(N)C(CC)NC(=O)c1cccc2cc3cc(C)ccc3nc12. The second-order valence-electron chi connectivity index (χ2n) is 11.7. The van der Waals surface area contributed by atoms with Crippen molar-refractivity contribution in [1.29, 1.82) is 0 Å². The third-order valence-corrected chi connectivity index (χ3v) is 8.52. The Morgan fingerprint density at radius 1 is 0.636 bits per heavy atom. The zero-order valence-electron chi connectivity index (χ0n) is 25.5. The molecular weight excluding hydrogens is 546 g/mol. The quantitative estimate of drug-likeness (QED) is 0.172. The van der Waals surface area contributed by atoms with E-state index in [9.17, 15) is 9.59 Å². The first kappa shape index (κ1) is 29.2. The summed E-state index contributed by atoms with van der Waals surface area (Å²) in [7, 11) is 0. The van der Waals surface area contributed by atoms with Crippen molar-refractivity contribution in [1.82, 2.24) is 20.6 Å². The van der Waals surface area contributed by atoms with Crippen LogP contribution >= 0.6 is 0 Å². The maximum absolute atomic E-state index is 13.6. The number of nitrogens with two attached hydrogens (primary N) is 1. The number of nitrogens with one attached hydrogen (secondary N) is 2. The Bertz CT molecular complexity index is 1910. The molecule has 44 heavy (non-hydrogen) atoms. The molecule has 6 rings (SSSR count). The van der Waals surface area contributed by atoms with Gasteiger partial charge in [0.2, 0.25) is 0 Å². The van der Waals surface area contributed by atoms with Gasteiger partial charge in [0.1, 0.15) is 0 Å². The first-order valence-corrected chi connectivity index (χ1v) is 15.2. The number of carbonyl (C=O) groups is 2. The first-order valence-electron chi connectivity index (χ1n) is 15.2. The van der Waals surface area contributed by atoms with Crippen LogP contribution in [0.15, 0.2) is 84.9 Å². The van der Waals surface area contributed by atoms with E-state index in [0.29, 0.717) is 35.0 Å². The average molecular weight is 584 g/mol. The summed E-state index contributed by atoms with van der Waals surface area (Å²) in [5.41, 5.74) is 13.1. The molecule has 0 aliphatic carbocycles. The molecule has 7 heteroatoms. The molecular formula is C37H37N5O2. The van der Waals surface area contributed by atoms with Gasteiger partial charge in [0, 0.05) is 39.7 Å². The number of nitrogens with zero attached hydrogens (tertiary/aromatic N) is 2. The van der Waals surface area contributed by atoms with E-state index in [1.54, 1.807) is 12.1 Å². The summed E-state index contributed by atoms with van der Waals surface area (Å²) in [6, 6.07) is 26.3. The second kappa shape index (κ2) is 12.0. The minimum absolute atomic E-state index is 0.238. The van der Waals surface area contributed by atoms with E-state index in [0.717, 1.165) is 43.7 Å². The number of rotatable bonds is 8. The molecule has 0 saturated heterocycles. The van der Waals surface area contributed by atoms with Crippen LogP contribution < -0.4 is 16.4 Å². The number of para-hydroxylation sites is 2. The Morgan fingerprint density at radius 2 is 1.07 bits per heavy atom. The van der Waals surface area contributed by atoms with E-state index in [1.807, 2.05) is 62.4 Å². The molecule has 222 valence electrons. The van der Waals surface area contributed by atoms with Gasteiger partial charge in [-0.1, -0.05) is 61.4 Å². The van der Waals surface area contributed by atoms with Crippen molar-refractivity contribution < 1.29 is 9.59 Å². The lowest BCUT2D eigenvalue weighted by Crippen LogP contribution is -2.58. The number of aryl methyl sites for hydroxylation is 2. The standard InChI is InChI=1S/C37H37N5O2/c1-5-29(41-36(43)27-11-7-9-23-19-25-17-21(3)13-15-31(25)39-34(23)27)33(38)30(6-2)42-37(44)28-12-8-10-24-20-26-18-22(4)14-16-32(26)40-35(24)28/h7-20,29-30,33H,5-6,38H2,1-4H3,(H,41,43)(H,42,44). The van der Waals surface area contributed by atoms with Crippen LogP contribution in [0.2, 0.25) is 0 Å². The van der Waals surface area contributed by atoms with E-state index >= 15 is 0 Å². The summed E-state index contributed by atoms with van der Waals surface area (Å²) < 4.78 is 0. The summed E-state index contributed by atoms with van der Waals surface area (Å²) in [5.74, 6) is -0.475. The smallest absolute Gasteiger partial charge is 0.253 e. The molecule has 2 atom stereocenters. The summed E-state index contributed by atoms with van der Waals surface area (Å²) in [6.45, 7) is 8.07. The molecule has 0 spiro atoms. The third-order valence-electron chi connectivity index (χ3n) is 8.52. The van der Waals surface area contributed by atoms with Gasteiger partial charge >= 0.3 is 0 Å². The number of hydrogen-bond donors (Lipinski definition) is 3. The van der Waals surface area contributed by atoms with E-state index in [4.69, 9.17) is 15.7 Å². The highest BCUT2D eigenvalue weighted by Gasteiger charge is 2.28. The van der Waals surface area contributed by atoms with Crippen LogP contribution in [0.3, 0.4) is 0 Å². The monoisotopic (exact) mass is 583 g/mol. The first-order chi connectivity index (χ1) is 21.2. The molecule has 2 heterocycles.